The minimum absolute atomic E-state index is 0.419. The van der Waals surface area contributed by atoms with Gasteiger partial charge in [0.2, 0.25) is 0 Å². The largest absolute Gasteiger partial charge is 0.491 e. The van der Waals surface area contributed by atoms with Crippen molar-refractivity contribution in [1.82, 2.24) is 9.97 Å². The van der Waals surface area contributed by atoms with Crippen molar-refractivity contribution in [3.8, 4) is 11.5 Å². The Kier molecular flexibility index (Phi) is 9.85. The van der Waals surface area contributed by atoms with E-state index in [1.807, 2.05) is 73.1 Å². The molecule has 7 nitrogen and oxygen atoms in total. The molecule has 2 aliphatic heterocycles. The van der Waals surface area contributed by atoms with Gasteiger partial charge in [-0.05, 0) is 35.4 Å². The molecule has 0 fully saturated rings. The standard InChI is InChI=1S/C28H30N2O5/c1-3-23(21-29-9-1)5-7-25-19-28-26(8-6-24-4-2-10-30-22-24)20-27(25)34-17-15-32-13-11-31-12-14-33-16-18-35-28/h1-10,19-22H,11-18H2/b7-5-,8-6+. The van der Waals surface area contributed by atoms with E-state index in [1.54, 1.807) is 12.4 Å². The van der Waals surface area contributed by atoms with Crippen LogP contribution in [0.4, 0.5) is 0 Å². The lowest BCUT2D eigenvalue weighted by molar-refractivity contribution is 0.00528. The molecule has 3 aromatic rings. The van der Waals surface area contributed by atoms with Crippen molar-refractivity contribution in [1.29, 1.82) is 0 Å². The van der Waals surface area contributed by atoms with Crippen LogP contribution in [0.15, 0.2) is 61.2 Å². The van der Waals surface area contributed by atoms with Gasteiger partial charge in [0.05, 0.1) is 39.6 Å². The Morgan fingerprint density at radius 3 is 1.37 bits per heavy atom. The smallest absolute Gasteiger partial charge is 0.127 e. The van der Waals surface area contributed by atoms with Crippen molar-refractivity contribution < 1.29 is 23.7 Å². The van der Waals surface area contributed by atoms with Gasteiger partial charge in [0.1, 0.15) is 24.7 Å². The average molecular weight is 475 g/mol. The number of aromatic nitrogens is 2. The number of hydrogen-bond acceptors (Lipinski definition) is 7. The highest BCUT2D eigenvalue weighted by molar-refractivity contribution is 5.78. The van der Waals surface area contributed by atoms with Gasteiger partial charge in [-0.25, -0.2) is 0 Å². The van der Waals surface area contributed by atoms with Crippen LogP contribution in [0.1, 0.15) is 22.3 Å². The molecule has 0 spiro atoms. The summed E-state index contributed by atoms with van der Waals surface area (Å²) in [5, 5.41) is 0. The first-order valence-corrected chi connectivity index (χ1v) is 11.7. The first kappa shape index (κ1) is 24.6. The van der Waals surface area contributed by atoms with Crippen LogP contribution < -0.4 is 9.47 Å². The third kappa shape index (κ3) is 8.33. The van der Waals surface area contributed by atoms with E-state index in [0.717, 1.165) is 33.8 Å². The lowest BCUT2D eigenvalue weighted by Crippen LogP contribution is -2.13. The Labute approximate surface area is 206 Å². The van der Waals surface area contributed by atoms with E-state index < -0.39 is 0 Å². The van der Waals surface area contributed by atoms with E-state index in [2.05, 4.69) is 9.97 Å². The molecule has 2 aliphatic rings. The van der Waals surface area contributed by atoms with Gasteiger partial charge in [-0.3, -0.25) is 9.97 Å². The number of rotatable bonds is 4. The fourth-order valence-electron chi connectivity index (χ4n) is 3.39. The monoisotopic (exact) mass is 474 g/mol. The maximum Gasteiger partial charge on any atom is 0.127 e. The molecule has 5 rings (SSSR count). The van der Waals surface area contributed by atoms with E-state index in [1.165, 1.54) is 0 Å². The van der Waals surface area contributed by atoms with Crippen LogP contribution in [0.25, 0.3) is 24.3 Å². The summed E-state index contributed by atoms with van der Waals surface area (Å²) in [5.41, 5.74) is 3.79. The summed E-state index contributed by atoms with van der Waals surface area (Å²) in [6.07, 6.45) is 15.2. The van der Waals surface area contributed by atoms with Crippen molar-refractivity contribution >= 4 is 24.3 Å². The second-order valence-electron chi connectivity index (χ2n) is 7.70. The van der Waals surface area contributed by atoms with E-state index >= 15 is 0 Å². The molecule has 0 unspecified atom stereocenters. The topological polar surface area (TPSA) is 71.9 Å². The summed E-state index contributed by atoms with van der Waals surface area (Å²) < 4.78 is 29.1. The maximum absolute atomic E-state index is 6.14. The van der Waals surface area contributed by atoms with E-state index in [9.17, 15) is 0 Å². The Bertz CT molecular complexity index is 1000. The van der Waals surface area contributed by atoms with Crippen molar-refractivity contribution in [3.63, 3.8) is 0 Å². The summed E-state index contributed by atoms with van der Waals surface area (Å²) in [5.74, 6) is 1.48. The van der Waals surface area contributed by atoms with Gasteiger partial charge in [-0.2, -0.15) is 0 Å². The van der Waals surface area contributed by atoms with E-state index in [0.29, 0.717) is 52.9 Å². The first-order chi connectivity index (χ1) is 17.4. The fourth-order valence-corrected chi connectivity index (χ4v) is 3.39. The number of pyridine rings is 2. The van der Waals surface area contributed by atoms with Gasteiger partial charge in [0.15, 0.2) is 0 Å². The zero-order valence-electron chi connectivity index (χ0n) is 19.7. The molecule has 1 aromatic carbocycles. The predicted octanol–water partition coefficient (Wildman–Crippen LogP) is 4.64. The molecule has 0 amide bonds. The predicted molar refractivity (Wildman–Crippen MR) is 136 cm³/mol. The molecular weight excluding hydrogens is 444 g/mol. The minimum atomic E-state index is 0.419. The summed E-state index contributed by atoms with van der Waals surface area (Å²) >= 11 is 0. The second-order valence-corrected chi connectivity index (χ2v) is 7.70. The molecule has 35 heavy (non-hydrogen) atoms. The molecule has 0 N–H and O–H groups in total. The van der Waals surface area contributed by atoms with Crippen molar-refractivity contribution in [2.45, 2.75) is 0 Å². The number of benzene rings is 1. The van der Waals surface area contributed by atoms with Crippen LogP contribution in [0, 0.1) is 0 Å². The molecule has 0 saturated carbocycles. The summed E-state index contributed by atoms with van der Waals surface area (Å²) in [7, 11) is 0. The molecule has 2 aromatic heterocycles. The molecule has 7 heteroatoms. The highest BCUT2D eigenvalue weighted by atomic mass is 16.6. The Balaban J connectivity index is 1.64. The summed E-state index contributed by atoms with van der Waals surface area (Å²) in [6, 6.07) is 11.8. The van der Waals surface area contributed by atoms with Crippen molar-refractivity contribution in [3.05, 3.63) is 83.4 Å². The first-order valence-electron chi connectivity index (χ1n) is 11.7. The zero-order chi connectivity index (χ0) is 24.0. The number of fused-ring (bicyclic) bond motifs is 14. The molecule has 4 heterocycles. The molecule has 2 bridgehead atoms. The lowest BCUT2D eigenvalue weighted by Gasteiger charge is -2.15. The van der Waals surface area contributed by atoms with Gasteiger partial charge < -0.3 is 23.7 Å². The van der Waals surface area contributed by atoms with E-state index in [-0.39, 0.29) is 0 Å². The highest BCUT2D eigenvalue weighted by Crippen LogP contribution is 2.32. The Morgan fingerprint density at radius 1 is 0.543 bits per heavy atom. The van der Waals surface area contributed by atoms with Gasteiger partial charge in [-0.15, -0.1) is 0 Å². The van der Waals surface area contributed by atoms with Gasteiger partial charge in [-0.1, -0.05) is 36.4 Å². The van der Waals surface area contributed by atoms with Crippen LogP contribution in [0.3, 0.4) is 0 Å². The number of ether oxygens (including phenoxy) is 5. The summed E-state index contributed by atoms with van der Waals surface area (Å²) in [4.78, 5) is 8.37. The highest BCUT2D eigenvalue weighted by Gasteiger charge is 2.11. The normalized spacial score (nSPS) is 16.1. The minimum Gasteiger partial charge on any atom is -0.491 e. The average Bonchev–Trinajstić information content (AvgIpc) is 2.91. The van der Waals surface area contributed by atoms with E-state index in [4.69, 9.17) is 23.7 Å². The summed E-state index contributed by atoms with van der Waals surface area (Å²) in [6.45, 7) is 3.84. The molecule has 182 valence electrons. The van der Waals surface area contributed by atoms with Crippen LogP contribution in [-0.4, -0.2) is 62.8 Å². The quantitative estimate of drug-likeness (QED) is 0.510. The second kappa shape index (κ2) is 14.0. The maximum atomic E-state index is 6.14. The van der Waals surface area contributed by atoms with Crippen LogP contribution >= 0.6 is 0 Å². The molecule has 0 saturated heterocycles. The third-order valence-electron chi connectivity index (χ3n) is 5.14. The Morgan fingerprint density at radius 2 is 0.971 bits per heavy atom. The van der Waals surface area contributed by atoms with Gasteiger partial charge in [0.25, 0.3) is 0 Å². The molecular formula is C28H30N2O5. The SMILES string of the molecule is C(=C/c1cc2c(/C=C/c3cccnc3)cc1OCCOCCOCCOCCO2)/c1cccnc1. The third-order valence-corrected chi connectivity index (χ3v) is 5.14. The number of nitrogens with zero attached hydrogens (tertiary/aromatic N) is 2. The van der Waals surface area contributed by atoms with Crippen LogP contribution in [0.2, 0.25) is 0 Å². The van der Waals surface area contributed by atoms with Crippen molar-refractivity contribution in [2.75, 3.05) is 52.9 Å². The van der Waals surface area contributed by atoms with Crippen LogP contribution in [0.5, 0.6) is 11.5 Å². The number of hydrogen-bond donors (Lipinski definition) is 0. The molecule has 0 radical (unpaired) electrons. The fraction of sp³-hybridized carbons (Fsp3) is 0.286. The van der Waals surface area contributed by atoms with Crippen LogP contribution in [-0.2, 0) is 14.2 Å². The lowest BCUT2D eigenvalue weighted by atomic mass is 10.1. The zero-order valence-corrected chi connectivity index (χ0v) is 19.7. The molecule has 0 aliphatic carbocycles. The molecule has 0 atom stereocenters. The van der Waals surface area contributed by atoms with Crippen molar-refractivity contribution in [2.24, 2.45) is 0 Å². The Hall–Kier alpha value is -3.52. The van der Waals surface area contributed by atoms with Gasteiger partial charge in [0, 0.05) is 35.9 Å². The van der Waals surface area contributed by atoms with Gasteiger partial charge >= 0.3 is 0 Å².